The van der Waals surface area contributed by atoms with E-state index in [0.29, 0.717) is 0 Å². The van der Waals surface area contributed by atoms with Crippen LogP contribution in [0.1, 0.15) is 4.88 Å². The topological polar surface area (TPSA) is 20.3 Å². The molecule has 1 saturated heterocycles. The number of carbonyl (C=O) groups excluding carboxylic acids is 1. The quantitative estimate of drug-likeness (QED) is 0.794. The molecule has 1 aliphatic heterocycles. The molecule has 1 fully saturated rings. The zero-order chi connectivity index (χ0) is 13.8. The number of nitrogens with zero attached hydrogens (tertiary/aromatic N) is 1. The Balaban J connectivity index is 1.65. The number of amides is 1. The van der Waals surface area contributed by atoms with Gasteiger partial charge in [0.2, 0.25) is 5.91 Å². The third kappa shape index (κ3) is 3.34. The fourth-order valence-electron chi connectivity index (χ4n) is 2.04. The van der Waals surface area contributed by atoms with Gasteiger partial charge >= 0.3 is 0 Å². The molecule has 0 unspecified atom stereocenters. The maximum atomic E-state index is 12.0. The second kappa shape index (κ2) is 6.61. The highest BCUT2D eigenvalue weighted by Crippen LogP contribution is 2.31. The van der Waals surface area contributed by atoms with Gasteiger partial charge in [-0.15, -0.1) is 22.7 Å². The summed E-state index contributed by atoms with van der Waals surface area (Å²) in [4.78, 5) is 17.7. The molecule has 0 atom stereocenters. The summed E-state index contributed by atoms with van der Waals surface area (Å²) < 4.78 is 0. The van der Waals surface area contributed by atoms with Crippen LogP contribution in [0.2, 0.25) is 0 Å². The summed E-state index contributed by atoms with van der Waals surface area (Å²) in [6.45, 7) is 1.75. The Kier molecular flexibility index (Phi) is 4.60. The predicted molar refractivity (Wildman–Crippen MR) is 90.6 cm³/mol. The van der Waals surface area contributed by atoms with E-state index >= 15 is 0 Å². The highest BCUT2D eigenvalue weighted by molar-refractivity contribution is 7.99. The van der Waals surface area contributed by atoms with Crippen LogP contribution in [0.25, 0.3) is 15.8 Å². The monoisotopic (exact) mass is 321 g/mol. The summed E-state index contributed by atoms with van der Waals surface area (Å²) in [7, 11) is 0. The Morgan fingerprint density at radius 3 is 2.75 bits per heavy atom. The second-order valence-electron chi connectivity index (χ2n) is 4.45. The van der Waals surface area contributed by atoms with Crippen LogP contribution in [0.5, 0.6) is 0 Å². The Labute approximate surface area is 131 Å². The van der Waals surface area contributed by atoms with Gasteiger partial charge in [0.05, 0.1) is 0 Å². The smallest absolute Gasteiger partial charge is 0.246 e. The van der Waals surface area contributed by atoms with E-state index < -0.39 is 0 Å². The molecule has 0 aromatic carbocycles. The lowest BCUT2D eigenvalue weighted by atomic mass is 10.3. The molecule has 1 aliphatic rings. The number of thioether (sulfide) groups is 1. The average Bonchev–Trinajstić information content (AvgIpc) is 3.16. The fraction of sp³-hybridized carbons (Fsp3) is 0.267. The average molecular weight is 321 g/mol. The Morgan fingerprint density at radius 2 is 2.00 bits per heavy atom. The zero-order valence-corrected chi connectivity index (χ0v) is 13.4. The van der Waals surface area contributed by atoms with E-state index in [1.165, 1.54) is 9.75 Å². The molecule has 5 heteroatoms. The van der Waals surface area contributed by atoms with Crippen LogP contribution in [-0.2, 0) is 4.79 Å². The molecule has 0 bridgehead atoms. The number of rotatable bonds is 3. The second-order valence-corrected chi connectivity index (χ2v) is 7.74. The van der Waals surface area contributed by atoms with Gasteiger partial charge in [0.25, 0.3) is 0 Å². The van der Waals surface area contributed by atoms with Crippen molar-refractivity contribution >= 4 is 46.4 Å². The van der Waals surface area contributed by atoms with E-state index in [1.807, 2.05) is 22.7 Å². The molecule has 20 heavy (non-hydrogen) atoms. The van der Waals surface area contributed by atoms with Crippen molar-refractivity contribution in [3.63, 3.8) is 0 Å². The number of hydrogen-bond donors (Lipinski definition) is 0. The van der Waals surface area contributed by atoms with Crippen molar-refractivity contribution in [2.24, 2.45) is 0 Å². The first kappa shape index (κ1) is 13.9. The van der Waals surface area contributed by atoms with Crippen LogP contribution in [0.15, 0.2) is 35.7 Å². The summed E-state index contributed by atoms with van der Waals surface area (Å²) in [5.74, 6) is 2.25. The summed E-state index contributed by atoms with van der Waals surface area (Å²) in [6, 6.07) is 8.39. The highest BCUT2D eigenvalue weighted by atomic mass is 32.2. The SMILES string of the molecule is O=C(C=Cc1ccc(-c2cccs2)s1)N1CCSCC1. The predicted octanol–water partition coefficient (Wildman–Crippen LogP) is 4.07. The normalized spacial score (nSPS) is 15.9. The van der Waals surface area contributed by atoms with Crippen molar-refractivity contribution < 1.29 is 4.79 Å². The zero-order valence-electron chi connectivity index (χ0n) is 11.0. The van der Waals surface area contributed by atoms with Crippen molar-refractivity contribution in [3.05, 3.63) is 40.6 Å². The molecule has 2 nitrogen and oxygen atoms in total. The minimum Gasteiger partial charge on any atom is -0.338 e. The molecular weight excluding hydrogens is 306 g/mol. The highest BCUT2D eigenvalue weighted by Gasteiger charge is 2.14. The van der Waals surface area contributed by atoms with E-state index in [4.69, 9.17) is 0 Å². The molecule has 3 heterocycles. The molecule has 1 amide bonds. The van der Waals surface area contributed by atoms with Gasteiger partial charge in [-0.3, -0.25) is 4.79 Å². The van der Waals surface area contributed by atoms with Crippen LogP contribution in [0.4, 0.5) is 0 Å². The standard InChI is InChI=1S/C15H15NOS3/c17-15(16-7-10-18-11-8-16)6-4-12-3-5-14(20-12)13-2-1-9-19-13/h1-6,9H,7-8,10-11H2. The lowest BCUT2D eigenvalue weighted by Gasteiger charge is -2.24. The van der Waals surface area contributed by atoms with E-state index in [9.17, 15) is 4.79 Å². The molecule has 0 aliphatic carbocycles. The van der Waals surface area contributed by atoms with Gasteiger partial charge in [-0.2, -0.15) is 11.8 Å². The molecule has 0 N–H and O–H groups in total. The van der Waals surface area contributed by atoms with Gasteiger partial charge in [0, 0.05) is 45.3 Å². The molecule has 2 aromatic heterocycles. The Morgan fingerprint density at radius 1 is 1.15 bits per heavy atom. The maximum Gasteiger partial charge on any atom is 0.246 e. The summed E-state index contributed by atoms with van der Waals surface area (Å²) in [5.41, 5.74) is 0. The lowest BCUT2D eigenvalue weighted by molar-refractivity contribution is -0.125. The van der Waals surface area contributed by atoms with E-state index in [-0.39, 0.29) is 5.91 Å². The largest absolute Gasteiger partial charge is 0.338 e. The van der Waals surface area contributed by atoms with E-state index in [2.05, 4.69) is 29.6 Å². The lowest BCUT2D eigenvalue weighted by Crippen LogP contribution is -2.36. The van der Waals surface area contributed by atoms with Crippen molar-refractivity contribution in [3.8, 4) is 9.75 Å². The molecule has 0 radical (unpaired) electrons. The number of carbonyl (C=O) groups is 1. The minimum absolute atomic E-state index is 0.136. The van der Waals surface area contributed by atoms with Crippen LogP contribution >= 0.6 is 34.4 Å². The van der Waals surface area contributed by atoms with Gasteiger partial charge in [-0.25, -0.2) is 0 Å². The Bertz CT molecular complexity index is 594. The van der Waals surface area contributed by atoms with Crippen molar-refractivity contribution in [2.45, 2.75) is 0 Å². The first-order valence-corrected chi connectivity index (χ1v) is 9.36. The molecule has 104 valence electrons. The summed E-state index contributed by atoms with van der Waals surface area (Å²) in [5, 5.41) is 2.09. The van der Waals surface area contributed by atoms with Gasteiger partial charge in [-0.1, -0.05) is 6.07 Å². The van der Waals surface area contributed by atoms with Gasteiger partial charge in [-0.05, 0) is 29.7 Å². The Hall–Kier alpha value is -1.04. The molecule has 0 spiro atoms. The molecule has 2 aromatic rings. The van der Waals surface area contributed by atoms with Crippen molar-refractivity contribution in [1.82, 2.24) is 4.90 Å². The third-order valence-corrected chi connectivity index (χ3v) is 6.16. The maximum absolute atomic E-state index is 12.0. The fourth-order valence-corrected chi connectivity index (χ4v) is 4.68. The van der Waals surface area contributed by atoms with Gasteiger partial charge < -0.3 is 4.90 Å². The summed E-state index contributed by atoms with van der Waals surface area (Å²) >= 11 is 5.39. The molecule has 3 rings (SSSR count). The first-order chi connectivity index (χ1) is 9.83. The summed E-state index contributed by atoms with van der Waals surface area (Å²) in [6.07, 6.45) is 3.64. The first-order valence-electron chi connectivity index (χ1n) is 6.51. The van der Waals surface area contributed by atoms with Crippen LogP contribution in [-0.4, -0.2) is 35.4 Å². The van der Waals surface area contributed by atoms with Gasteiger partial charge in [0.1, 0.15) is 0 Å². The van der Waals surface area contributed by atoms with E-state index in [0.717, 1.165) is 29.5 Å². The van der Waals surface area contributed by atoms with Crippen LogP contribution in [0.3, 0.4) is 0 Å². The molecule has 0 saturated carbocycles. The minimum atomic E-state index is 0.136. The molecular formula is C15H15NOS3. The van der Waals surface area contributed by atoms with Crippen LogP contribution in [0, 0.1) is 0 Å². The van der Waals surface area contributed by atoms with E-state index in [1.54, 1.807) is 28.7 Å². The van der Waals surface area contributed by atoms with Crippen molar-refractivity contribution in [2.75, 3.05) is 24.6 Å². The van der Waals surface area contributed by atoms with Crippen molar-refractivity contribution in [1.29, 1.82) is 0 Å². The third-order valence-electron chi connectivity index (χ3n) is 3.10. The van der Waals surface area contributed by atoms with Crippen LogP contribution < -0.4 is 0 Å². The number of hydrogen-bond acceptors (Lipinski definition) is 4. The number of thiophene rings is 2. The van der Waals surface area contributed by atoms with Gasteiger partial charge in [0.15, 0.2) is 0 Å².